The van der Waals surface area contributed by atoms with E-state index in [-0.39, 0.29) is 22.9 Å². The van der Waals surface area contributed by atoms with Crippen LogP contribution in [0.5, 0.6) is 11.5 Å². The molecule has 5 fully saturated rings. The third-order valence-corrected chi connectivity index (χ3v) is 11.3. The van der Waals surface area contributed by atoms with Gasteiger partial charge in [0.05, 0.1) is 43.0 Å². The largest absolute Gasteiger partial charge is 0.469 e. The molecule has 0 N–H and O–H groups in total. The molecule has 2 aromatic carbocycles. The molecule has 3 aromatic rings. The lowest BCUT2D eigenvalue weighted by molar-refractivity contribution is -0.198. The van der Waals surface area contributed by atoms with E-state index in [2.05, 4.69) is 22.5 Å². The highest BCUT2D eigenvalue weighted by atomic mass is 35.5. The number of esters is 1. The predicted molar refractivity (Wildman–Crippen MR) is 165 cm³/mol. The Labute approximate surface area is 267 Å². The highest BCUT2D eigenvalue weighted by molar-refractivity contribution is 6.30. The minimum absolute atomic E-state index is 0.00488. The summed E-state index contributed by atoms with van der Waals surface area (Å²) in [6.45, 7) is 8.21. The lowest BCUT2D eigenvalue weighted by atomic mass is 9.34. The van der Waals surface area contributed by atoms with Crippen molar-refractivity contribution in [3.63, 3.8) is 0 Å². The number of likely N-dealkylation sites (tertiary alicyclic amines) is 1. The summed E-state index contributed by atoms with van der Waals surface area (Å²) >= 11 is 6.00. The number of imidazole rings is 1. The van der Waals surface area contributed by atoms with Crippen molar-refractivity contribution in [3.8, 4) is 11.5 Å². The molecule has 3 aliphatic heterocycles. The monoisotopic (exact) mass is 635 g/mol. The van der Waals surface area contributed by atoms with Gasteiger partial charge in [-0.1, -0.05) is 23.7 Å². The molecule has 0 spiro atoms. The van der Waals surface area contributed by atoms with E-state index < -0.39 is 11.6 Å². The van der Waals surface area contributed by atoms with E-state index in [1.54, 1.807) is 19.1 Å². The van der Waals surface area contributed by atoms with E-state index in [1.807, 2.05) is 12.1 Å². The van der Waals surface area contributed by atoms with Crippen LogP contribution in [0.3, 0.4) is 0 Å². The fourth-order valence-electron chi connectivity index (χ4n) is 8.60. The molecule has 2 bridgehead atoms. The summed E-state index contributed by atoms with van der Waals surface area (Å²) in [7, 11) is 1.49. The molecule has 4 heterocycles. The maximum absolute atomic E-state index is 14.9. The zero-order chi connectivity index (χ0) is 31.1. The van der Waals surface area contributed by atoms with Gasteiger partial charge in [0.1, 0.15) is 11.6 Å². The van der Waals surface area contributed by atoms with Crippen molar-refractivity contribution in [2.75, 3.05) is 26.8 Å². The Bertz CT molecular complexity index is 1660. The van der Waals surface area contributed by atoms with Gasteiger partial charge in [0.25, 0.3) is 5.79 Å². The molecular formula is C35H39ClFN3O5. The number of para-hydroxylation sites is 1. The number of aromatic nitrogens is 2. The summed E-state index contributed by atoms with van der Waals surface area (Å²) in [5.74, 6) is 0.936. The first-order chi connectivity index (χ1) is 21.6. The van der Waals surface area contributed by atoms with Crippen LogP contribution in [0.1, 0.15) is 79.7 Å². The van der Waals surface area contributed by atoms with Crippen LogP contribution in [0.15, 0.2) is 36.4 Å². The van der Waals surface area contributed by atoms with Crippen LogP contribution in [0.4, 0.5) is 4.39 Å². The molecule has 2 atom stereocenters. The number of hydrogen-bond donors (Lipinski definition) is 0. The second kappa shape index (κ2) is 10.4. The highest BCUT2D eigenvalue weighted by Crippen LogP contribution is 2.74. The number of nitrogens with zero attached hydrogens (tertiary/aromatic N) is 3. The van der Waals surface area contributed by atoms with Crippen molar-refractivity contribution in [2.45, 2.75) is 88.7 Å². The van der Waals surface area contributed by atoms with Gasteiger partial charge in [0.15, 0.2) is 11.5 Å². The standard InChI is InChI=1S/C35H39ClFN3O5/c1-21-31(34-18-35(19-34,20-34)32(41)42-3)38-29(40(21)16-24-11-14-43-24)17-39-12-9-22(10-13-39)25-5-4-6-28-30(25)45-33(2,44-28)26-8-7-23(36)15-27(26)37/h4-8,15,22,24H,9-14,16-20H2,1-3H3/t24-,33-,34?,35?/m0/s1. The maximum atomic E-state index is 14.9. The molecule has 10 heteroatoms. The molecule has 8 nitrogen and oxygen atoms in total. The van der Waals surface area contributed by atoms with E-state index >= 15 is 0 Å². The molecule has 6 aliphatic rings. The average molecular weight is 636 g/mol. The predicted octanol–water partition coefficient (Wildman–Crippen LogP) is 6.39. The van der Waals surface area contributed by atoms with Crippen LogP contribution < -0.4 is 9.47 Å². The normalized spacial score (nSPS) is 30.4. The van der Waals surface area contributed by atoms with Gasteiger partial charge in [-0.05, 0) is 88.7 Å². The second-order valence-corrected chi connectivity index (χ2v) is 14.4. The van der Waals surface area contributed by atoms with Gasteiger partial charge in [-0.15, -0.1) is 0 Å². The number of methoxy groups -OCH3 is 1. The number of rotatable bonds is 8. The van der Waals surface area contributed by atoms with Crippen molar-refractivity contribution in [1.82, 2.24) is 14.5 Å². The van der Waals surface area contributed by atoms with Crippen molar-refractivity contribution >= 4 is 17.6 Å². The molecule has 0 radical (unpaired) electrons. The Balaban J connectivity index is 0.971. The number of benzene rings is 2. The van der Waals surface area contributed by atoms with Crippen LogP contribution in [0.25, 0.3) is 0 Å². The van der Waals surface area contributed by atoms with E-state index in [0.717, 1.165) is 88.4 Å². The summed E-state index contributed by atoms with van der Waals surface area (Å²) < 4.78 is 40.8. The first-order valence-electron chi connectivity index (χ1n) is 16.1. The quantitative estimate of drug-likeness (QED) is 0.266. The van der Waals surface area contributed by atoms with Gasteiger partial charge in [0.2, 0.25) is 0 Å². The van der Waals surface area contributed by atoms with Crippen LogP contribution in [-0.4, -0.2) is 53.3 Å². The summed E-state index contributed by atoms with van der Waals surface area (Å²) in [5, 5.41) is 0.333. The third kappa shape index (κ3) is 4.60. The number of carbonyl (C=O) groups excluding carboxylic acids is 1. The number of ether oxygens (including phenoxy) is 4. The van der Waals surface area contributed by atoms with Crippen molar-refractivity contribution < 1.29 is 28.1 Å². The van der Waals surface area contributed by atoms with Gasteiger partial charge in [-0.3, -0.25) is 9.69 Å². The molecular weight excluding hydrogens is 597 g/mol. The third-order valence-electron chi connectivity index (χ3n) is 11.1. The number of carbonyl (C=O) groups is 1. The Morgan fingerprint density at radius 1 is 1.13 bits per heavy atom. The molecule has 2 saturated heterocycles. The van der Waals surface area contributed by atoms with Gasteiger partial charge >= 0.3 is 5.97 Å². The van der Waals surface area contributed by atoms with Crippen molar-refractivity contribution in [2.24, 2.45) is 5.41 Å². The van der Waals surface area contributed by atoms with Crippen molar-refractivity contribution in [1.29, 1.82) is 0 Å². The van der Waals surface area contributed by atoms with Gasteiger partial charge in [0, 0.05) is 35.2 Å². The zero-order valence-corrected chi connectivity index (χ0v) is 26.8. The lowest BCUT2D eigenvalue weighted by Gasteiger charge is -2.68. The minimum Gasteiger partial charge on any atom is -0.469 e. The second-order valence-electron chi connectivity index (χ2n) is 13.9. The topological polar surface area (TPSA) is 75.0 Å². The highest BCUT2D eigenvalue weighted by Gasteiger charge is 2.74. The Morgan fingerprint density at radius 2 is 1.89 bits per heavy atom. The molecule has 45 heavy (non-hydrogen) atoms. The Kier molecular flexibility index (Phi) is 6.79. The molecule has 9 rings (SSSR count). The van der Waals surface area contributed by atoms with E-state index in [1.165, 1.54) is 18.9 Å². The fourth-order valence-corrected chi connectivity index (χ4v) is 8.76. The SMILES string of the molecule is COC(=O)C12CC(c3nc(CN4CCC(c5cccc6c5O[C@@](C)(c5ccc(Cl)cc5F)O6)CC4)n(C[C@@H]4CCO4)c3C)(C1)C2. The number of fused-ring (bicyclic) bond motifs is 1. The maximum Gasteiger partial charge on any atom is 0.311 e. The number of halogens is 2. The number of piperidine rings is 1. The molecule has 3 saturated carbocycles. The lowest BCUT2D eigenvalue weighted by Crippen LogP contribution is -2.68. The van der Waals surface area contributed by atoms with Crippen molar-refractivity contribution in [3.05, 3.63) is 75.6 Å². The fraction of sp³-hybridized carbons (Fsp3) is 0.543. The van der Waals surface area contributed by atoms with Crippen LogP contribution in [0, 0.1) is 18.2 Å². The molecule has 1 aromatic heterocycles. The molecule has 238 valence electrons. The van der Waals surface area contributed by atoms with Gasteiger partial charge in [-0.25, -0.2) is 9.37 Å². The number of hydrogen-bond acceptors (Lipinski definition) is 7. The van der Waals surface area contributed by atoms with Crippen LogP contribution in [-0.2, 0) is 38.6 Å². The van der Waals surface area contributed by atoms with Crippen LogP contribution >= 0.6 is 11.6 Å². The summed E-state index contributed by atoms with van der Waals surface area (Å²) in [6.07, 6.45) is 5.76. The first kappa shape index (κ1) is 29.3. The zero-order valence-electron chi connectivity index (χ0n) is 26.0. The van der Waals surface area contributed by atoms with Gasteiger partial charge < -0.3 is 23.5 Å². The van der Waals surface area contributed by atoms with E-state index in [4.69, 9.17) is 35.5 Å². The molecule has 0 amide bonds. The summed E-state index contributed by atoms with van der Waals surface area (Å²) in [5.41, 5.74) is 3.51. The van der Waals surface area contributed by atoms with E-state index in [9.17, 15) is 9.18 Å². The Morgan fingerprint density at radius 3 is 2.56 bits per heavy atom. The first-order valence-corrected chi connectivity index (χ1v) is 16.5. The average Bonchev–Trinajstić information content (AvgIpc) is 3.45. The minimum atomic E-state index is -1.26. The molecule has 0 unspecified atom stereocenters. The smallest absolute Gasteiger partial charge is 0.311 e. The Hall–Kier alpha value is -3.14. The summed E-state index contributed by atoms with van der Waals surface area (Å²) in [4.78, 5) is 20.1. The van der Waals surface area contributed by atoms with E-state index in [0.29, 0.717) is 28.0 Å². The van der Waals surface area contributed by atoms with Crippen LogP contribution in [0.2, 0.25) is 5.02 Å². The molecule has 3 aliphatic carbocycles. The summed E-state index contributed by atoms with van der Waals surface area (Å²) in [6, 6.07) is 10.6. The van der Waals surface area contributed by atoms with Gasteiger partial charge in [-0.2, -0.15) is 0 Å².